The fourth-order valence-corrected chi connectivity index (χ4v) is 3.63. The summed E-state index contributed by atoms with van der Waals surface area (Å²) in [6.07, 6.45) is -0.898. The van der Waals surface area contributed by atoms with Crippen LogP contribution in [0.1, 0.15) is 43.0 Å². The van der Waals surface area contributed by atoms with Gasteiger partial charge in [0.15, 0.2) is 0 Å². The number of phenolic OH excluding ortho intramolecular Hbond substituents is 1. The standard InChI is InChI=1S/C23H17F3N2O3/c24-23(25,26)17-6-5-15(20(29)12-17)11-16-13-27-9-7-14(16)8-10-28-21(30)18-3-1-2-4-19(18)22(28)31/h1-7,9,12-13,29H,8,10-11H2. The molecule has 4 rings (SSSR count). The predicted molar refractivity (Wildman–Crippen MR) is 106 cm³/mol. The zero-order chi connectivity index (χ0) is 22.2. The number of imide groups is 1. The lowest BCUT2D eigenvalue weighted by Crippen LogP contribution is -2.31. The quantitative estimate of drug-likeness (QED) is 0.620. The van der Waals surface area contributed by atoms with Crippen molar-refractivity contribution < 1.29 is 27.9 Å². The average molecular weight is 426 g/mol. The van der Waals surface area contributed by atoms with Crippen LogP contribution in [-0.2, 0) is 19.0 Å². The maximum atomic E-state index is 12.8. The van der Waals surface area contributed by atoms with Crippen LogP contribution < -0.4 is 0 Å². The van der Waals surface area contributed by atoms with E-state index in [2.05, 4.69) is 4.98 Å². The Morgan fingerprint density at radius 3 is 2.19 bits per heavy atom. The van der Waals surface area contributed by atoms with Gasteiger partial charge in [0.05, 0.1) is 16.7 Å². The van der Waals surface area contributed by atoms with Crippen LogP contribution in [0.15, 0.2) is 60.9 Å². The van der Waals surface area contributed by atoms with E-state index in [9.17, 15) is 27.9 Å². The van der Waals surface area contributed by atoms with Gasteiger partial charge in [-0.2, -0.15) is 13.2 Å². The Balaban J connectivity index is 1.51. The number of rotatable bonds is 5. The van der Waals surface area contributed by atoms with E-state index in [-0.39, 0.29) is 24.8 Å². The molecule has 0 bridgehead atoms. The van der Waals surface area contributed by atoms with Crippen molar-refractivity contribution in [2.45, 2.75) is 19.0 Å². The molecule has 1 aliphatic rings. The number of hydrogen-bond acceptors (Lipinski definition) is 4. The normalized spacial score (nSPS) is 13.6. The molecule has 158 valence electrons. The van der Waals surface area contributed by atoms with Gasteiger partial charge in [-0.15, -0.1) is 0 Å². The number of nitrogens with zero attached hydrogens (tertiary/aromatic N) is 2. The Hall–Kier alpha value is -3.68. The van der Waals surface area contributed by atoms with Crippen molar-refractivity contribution in [1.29, 1.82) is 0 Å². The average Bonchev–Trinajstić information content (AvgIpc) is 2.98. The number of amides is 2. The largest absolute Gasteiger partial charge is 0.508 e. The Morgan fingerprint density at radius 2 is 1.58 bits per heavy atom. The van der Waals surface area contributed by atoms with Crippen molar-refractivity contribution >= 4 is 11.8 Å². The van der Waals surface area contributed by atoms with Gasteiger partial charge in [-0.05, 0) is 53.4 Å². The number of fused-ring (bicyclic) bond motifs is 1. The fourth-order valence-electron chi connectivity index (χ4n) is 3.63. The van der Waals surface area contributed by atoms with Gasteiger partial charge in [0.2, 0.25) is 0 Å². The van der Waals surface area contributed by atoms with Crippen molar-refractivity contribution in [3.63, 3.8) is 0 Å². The first-order chi connectivity index (χ1) is 14.8. The van der Waals surface area contributed by atoms with E-state index in [1.807, 2.05) is 0 Å². The van der Waals surface area contributed by atoms with E-state index in [0.717, 1.165) is 11.6 Å². The van der Waals surface area contributed by atoms with Crippen LogP contribution >= 0.6 is 0 Å². The molecule has 0 radical (unpaired) electrons. The lowest BCUT2D eigenvalue weighted by atomic mass is 9.98. The summed E-state index contributed by atoms with van der Waals surface area (Å²) in [6.45, 7) is 0.155. The summed E-state index contributed by atoms with van der Waals surface area (Å²) in [5, 5.41) is 10.1. The minimum absolute atomic E-state index is 0.155. The molecule has 1 aromatic heterocycles. The number of carbonyl (C=O) groups excluding carboxylic acids is 2. The van der Waals surface area contributed by atoms with Gasteiger partial charge in [-0.1, -0.05) is 18.2 Å². The van der Waals surface area contributed by atoms with Crippen LogP contribution in [0.2, 0.25) is 0 Å². The summed E-state index contributed by atoms with van der Waals surface area (Å²) in [4.78, 5) is 30.3. The van der Waals surface area contributed by atoms with Crippen LogP contribution in [0.25, 0.3) is 0 Å². The van der Waals surface area contributed by atoms with E-state index in [4.69, 9.17) is 0 Å². The zero-order valence-corrected chi connectivity index (χ0v) is 16.2. The summed E-state index contributed by atoms with van der Waals surface area (Å²) in [6, 6.07) is 11.2. The minimum atomic E-state index is -4.54. The Bertz CT molecular complexity index is 1140. The van der Waals surface area contributed by atoms with E-state index in [0.29, 0.717) is 34.7 Å². The Morgan fingerprint density at radius 1 is 0.903 bits per heavy atom. The van der Waals surface area contributed by atoms with Crippen molar-refractivity contribution in [1.82, 2.24) is 9.88 Å². The lowest BCUT2D eigenvalue weighted by molar-refractivity contribution is -0.137. The zero-order valence-electron chi connectivity index (χ0n) is 16.2. The molecule has 1 N–H and O–H groups in total. The molecule has 0 saturated carbocycles. The number of carbonyl (C=O) groups is 2. The van der Waals surface area contributed by atoms with Gasteiger partial charge in [0.25, 0.3) is 11.8 Å². The second-order valence-electron chi connectivity index (χ2n) is 7.22. The molecule has 2 heterocycles. The third-order valence-electron chi connectivity index (χ3n) is 5.28. The lowest BCUT2D eigenvalue weighted by Gasteiger charge is -2.16. The first kappa shape index (κ1) is 20.6. The third-order valence-corrected chi connectivity index (χ3v) is 5.28. The summed E-state index contributed by atoms with van der Waals surface area (Å²) < 4.78 is 38.5. The van der Waals surface area contributed by atoms with E-state index < -0.39 is 17.5 Å². The van der Waals surface area contributed by atoms with Crippen molar-refractivity contribution in [2.75, 3.05) is 6.54 Å². The van der Waals surface area contributed by atoms with Gasteiger partial charge in [0.1, 0.15) is 5.75 Å². The molecule has 31 heavy (non-hydrogen) atoms. The van der Waals surface area contributed by atoms with Gasteiger partial charge in [0, 0.05) is 25.4 Å². The first-order valence-electron chi connectivity index (χ1n) is 9.52. The molecule has 0 saturated heterocycles. The van der Waals surface area contributed by atoms with Crippen LogP contribution in [0.3, 0.4) is 0 Å². The number of alkyl halides is 3. The van der Waals surface area contributed by atoms with Crippen LogP contribution in [0.5, 0.6) is 5.75 Å². The number of aromatic hydroxyl groups is 1. The second-order valence-corrected chi connectivity index (χ2v) is 7.22. The molecule has 0 fully saturated rings. The first-order valence-corrected chi connectivity index (χ1v) is 9.52. The maximum absolute atomic E-state index is 12.8. The number of benzene rings is 2. The molecule has 0 aliphatic carbocycles. The smallest absolute Gasteiger partial charge is 0.416 e. The van der Waals surface area contributed by atoms with Crippen molar-refractivity contribution in [3.05, 3.63) is 94.3 Å². The molecular formula is C23H17F3N2O3. The number of pyridine rings is 1. The van der Waals surface area contributed by atoms with Crippen LogP contribution in [-0.4, -0.2) is 33.3 Å². The molecule has 2 amide bonds. The van der Waals surface area contributed by atoms with Gasteiger partial charge in [-0.25, -0.2) is 0 Å². The second kappa shape index (κ2) is 7.86. The molecular weight excluding hydrogens is 409 g/mol. The molecule has 1 aliphatic heterocycles. The fraction of sp³-hybridized carbons (Fsp3) is 0.174. The SMILES string of the molecule is O=C1c2ccccc2C(=O)N1CCc1ccncc1Cc1ccc(C(F)(F)F)cc1O. The minimum Gasteiger partial charge on any atom is -0.508 e. The summed E-state index contributed by atoms with van der Waals surface area (Å²) in [5.41, 5.74) is 1.61. The third kappa shape index (κ3) is 4.01. The van der Waals surface area contributed by atoms with E-state index in [1.165, 1.54) is 11.0 Å². The van der Waals surface area contributed by atoms with Gasteiger partial charge < -0.3 is 5.11 Å². The summed E-state index contributed by atoms with van der Waals surface area (Å²) >= 11 is 0. The summed E-state index contributed by atoms with van der Waals surface area (Å²) in [7, 11) is 0. The molecule has 0 atom stereocenters. The molecule has 0 spiro atoms. The summed E-state index contributed by atoms with van der Waals surface area (Å²) in [5.74, 6) is -1.15. The van der Waals surface area contributed by atoms with Crippen molar-refractivity contribution in [2.24, 2.45) is 0 Å². The van der Waals surface area contributed by atoms with Crippen molar-refractivity contribution in [3.8, 4) is 5.75 Å². The van der Waals surface area contributed by atoms with E-state index in [1.54, 1.807) is 42.7 Å². The molecule has 8 heteroatoms. The highest BCUT2D eigenvalue weighted by molar-refractivity contribution is 6.21. The Kier molecular flexibility index (Phi) is 5.22. The van der Waals surface area contributed by atoms with Crippen LogP contribution in [0.4, 0.5) is 13.2 Å². The maximum Gasteiger partial charge on any atom is 0.416 e. The highest BCUT2D eigenvalue weighted by atomic mass is 19.4. The van der Waals surface area contributed by atoms with Gasteiger partial charge in [-0.3, -0.25) is 19.5 Å². The highest BCUT2D eigenvalue weighted by Gasteiger charge is 2.35. The van der Waals surface area contributed by atoms with Crippen LogP contribution in [0, 0.1) is 0 Å². The number of hydrogen-bond donors (Lipinski definition) is 1. The number of aromatic nitrogens is 1. The highest BCUT2D eigenvalue weighted by Crippen LogP contribution is 2.33. The van der Waals surface area contributed by atoms with E-state index >= 15 is 0 Å². The Labute approximate surface area is 175 Å². The number of halogens is 3. The topological polar surface area (TPSA) is 70.5 Å². The van der Waals surface area contributed by atoms with Gasteiger partial charge >= 0.3 is 6.18 Å². The molecule has 3 aromatic rings. The monoisotopic (exact) mass is 426 g/mol. The molecule has 2 aromatic carbocycles. The molecule has 5 nitrogen and oxygen atoms in total. The molecule has 0 unspecified atom stereocenters. The number of phenols is 1. The predicted octanol–water partition coefficient (Wildman–Crippen LogP) is 4.24.